The molecular formula is C18H23N5O2. The second-order valence-corrected chi connectivity index (χ2v) is 6.21. The molecule has 132 valence electrons. The molecule has 1 atom stereocenters. The van der Waals surface area contributed by atoms with Crippen molar-refractivity contribution in [1.29, 1.82) is 0 Å². The highest BCUT2D eigenvalue weighted by Gasteiger charge is 2.28. The summed E-state index contributed by atoms with van der Waals surface area (Å²) in [4.78, 5) is 30.5. The molecule has 3 N–H and O–H groups in total. The zero-order chi connectivity index (χ0) is 17.6. The van der Waals surface area contributed by atoms with Crippen LogP contribution in [-0.2, 0) is 11.3 Å². The number of anilines is 1. The van der Waals surface area contributed by atoms with Crippen LogP contribution in [0.25, 0.3) is 0 Å². The molecule has 1 fully saturated rings. The number of nitrogens with zero attached hydrogens (tertiary/aromatic N) is 3. The summed E-state index contributed by atoms with van der Waals surface area (Å²) in [6, 6.07) is 7.18. The normalized spacial score (nSPS) is 16.8. The lowest BCUT2D eigenvalue weighted by Crippen LogP contribution is -2.39. The minimum absolute atomic E-state index is 0.0255. The van der Waals surface area contributed by atoms with Gasteiger partial charge in [0.15, 0.2) is 0 Å². The Morgan fingerprint density at radius 1 is 1.36 bits per heavy atom. The van der Waals surface area contributed by atoms with Crippen molar-refractivity contribution in [2.45, 2.75) is 31.8 Å². The number of carbonyl (C=O) groups excluding carboxylic acids is 2. The van der Waals surface area contributed by atoms with E-state index in [4.69, 9.17) is 5.73 Å². The quantitative estimate of drug-likeness (QED) is 0.832. The Balaban J connectivity index is 1.61. The van der Waals surface area contributed by atoms with Gasteiger partial charge in [0.2, 0.25) is 5.91 Å². The van der Waals surface area contributed by atoms with Crippen LogP contribution < -0.4 is 11.1 Å². The van der Waals surface area contributed by atoms with Gasteiger partial charge in [0, 0.05) is 55.7 Å². The molecule has 25 heavy (non-hydrogen) atoms. The molecule has 0 spiro atoms. The molecule has 2 aromatic rings. The van der Waals surface area contributed by atoms with Crippen molar-refractivity contribution >= 4 is 17.5 Å². The number of nitrogens with one attached hydrogen (secondary N) is 1. The average Bonchev–Trinajstić information content (AvgIpc) is 3.31. The third-order valence-electron chi connectivity index (χ3n) is 4.46. The summed E-state index contributed by atoms with van der Waals surface area (Å²) in [5, 5.41) is 2.85. The highest BCUT2D eigenvalue weighted by atomic mass is 16.2. The minimum atomic E-state index is -0.0979. The fraction of sp³-hybridized carbons (Fsp3) is 0.389. The van der Waals surface area contributed by atoms with E-state index in [0.717, 1.165) is 19.4 Å². The van der Waals surface area contributed by atoms with E-state index < -0.39 is 0 Å². The van der Waals surface area contributed by atoms with E-state index in [-0.39, 0.29) is 17.9 Å². The van der Waals surface area contributed by atoms with E-state index >= 15 is 0 Å². The third kappa shape index (κ3) is 4.24. The molecule has 1 aliphatic heterocycles. The van der Waals surface area contributed by atoms with Crippen molar-refractivity contribution in [2.24, 2.45) is 5.73 Å². The van der Waals surface area contributed by atoms with Crippen LogP contribution in [-0.4, -0.2) is 45.4 Å². The molecule has 3 rings (SSSR count). The number of aromatic nitrogens is 2. The molecule has 1 aromatic heterocycles. The third-order valence-corrected chi connectivity index (χ3v) is 4.46. The van der Waals surface area contributed by atoms with E-state index in [1.165, 1.54) is 0 Å². The van der Waals surface area contributed by atoms with Crippen molar-refractivity contribution in [3.63, 3.8) is 0 Å². The largest absolute Gasteiger partial charge is 0.337 e. The van der Waals surface area contributed by atoms with Gasteiger partial charge in [0.05, 0.1) is 6.33 Å². The number of rotatable bonds is 6. The van der Waals surface area contributed by atoms with Gasteiger partial charge < -0.3 is 20.5 Å². The first-order chi connectivity index (χ1) is 12.2. The Kier molecular flexibility index (Phi) is 5.45. The number of hydrogen-bond acceptors (Lipinski definition) is 4. The van der Waals surface area contributed by atoms with Crippen LogP contribution in [0.5, 0.6) is 0 Å². The first kappa shape index (κ1) is 17.2. The molecule has 1 unspecified atom stereocenters. The van der Waals surface area contributed by atoms with E-state index in [2.05, 4.69) is 10.3 Å². The molecular weight excluding hydrogens is 318 g/mol. The average molecular weight is 341 g/mol. The smallest absolute Gasteiger partial charge is 0.254 e. The van der Waals surface area contributed by atoms with E-state index in [0.29, 0.717) is 30.8 Å². The first-order valence-electron chi connectivity index (χ1n) is 8.54. The van der Waals surface area contributed by atoms with Gasteiger partial charge >= 0.3 is 0 Å². The second-order valence-electron chi connectivity index (χ2n) is 6.21. The summed E-state index contributed by atoms with van der Waals surface area (Å²) in [6.45, 7) is 1.79. The Hall–Kier alpha value is -2.67. The number of aryl methyl sites for hydroxylation is 1. The van der Waals surface area contributed by atoms with Gasteiger partial charge in [-0.3, -0.25) is 9.59 Å². The van der Waals surface area contributed by atoms with Crippen LogP contribution in [0.4, 0.5) is 5.69 Å². The molecule has 7 nitrogen and oxygen atoms in total. The van der Waals surface area contributed by atoms with Crippen molar-refractivity contribution < 1.29 is 9.59 Å². The van der Waals surface area contributed by atoms with Crippen LogP contribution in [0.2, 0.25) is 0 Å². The van der Waals surface area contributed by atoms with Gasteiger partial charge in [-0.15, -0.1) is 0 Å². The summed E-state index contributed by atoms with van der Waals surface area (Å²) >= 11 is 0. The summed E-state index contributed by atoms with van der Waals surface area (Å²) in [5.41, 5.74) is 6.96. The predicted octanol–water partition coefficient (Wildman–Crippen LogP) is 1.48. The van der Waals surface area contributed by atoms with Crippen LogP contribution in [0.1, 0.15) is 29.6 Å². The highest BCUT2D eigenvalue weighted by Crippen LogP contribution is 2.21. The highest BCUT2D eigenvalue weighted by molar-refractivity contribution is 5.97. The van der Waals surface area contributed by atoms with E-state index in [1.807, 2.05) is 15.7 Å². The summed E-state index contributed by atoms with van der Waals surface area (Å²) < 4.78 is 1.85. The Morgan fingerprint density at radius 2 is 2.24 bits per heavy atom. The van der Waals surface area contributed by atoms with Gasteiger partial charge in [-0.05, 0) is 31.0 Å². The number of imidazole rings is 1. The fourth-order valence-electron chi connectivity index (χ4n) is 3.12. The number of amides is 2. The molecule has 2 heterocycles. The number of carbonyl (C=O) groups is 2. The zero-order valence-corrected chi connectivity index (χ0v) is 14.1. The number of benzene rings is 1. The Labute approximate surface area is 146 Å². The van der Waals surface area contributed by atoms with Crippen LogP contribution >= 0.6 is 0 Å². The van der Waals surface area contributed by atoms with Gasteiger partial charge in [0.25, 0.3) is 5.91 Å². The van der Waals surface area contributed by atoms with Crippen LogP contribution in [0, 0.1) is 0 Å². The zero-order valence-electron chi connectivity index (χ0n) is 14.1. The van der Waals surface area contributed by atoms with Crippen molar-refractivity contribution in [3.05, 3.63) is 48.5 Å². The summed E-state index contributed by atoms with van der Waals surface area (Å²) in [6.07, 6.45) is 7.45. The lowest BCUT2D eigenvalue weighted by atomic mass is 10.1. The van der Waals surface area contributed by atoms with Crippen molar-refractivity contribution in [2.75, 3.05) is 18.4 Å². The fourth-order valence-corrected chi connectivity index (χ4v) is 3.12. The molecule has 0 aliphatic carbocycles. The summed E-state index contributed by atoms with van der Waals surface area (Å²) in [7, 11) is 0. The molecule has 0 saturated carbocycles. The van der Waals surface area contributed by atoms with Gasteiger partial charge in [-0.25, -0.2) is 4.98 Å². The number of nitrogens with two attached hydrogens (primary N) is 1. The minimum Gasteiger partial charge on any atom is -0.337 e. The Morgan fingerprint density at radius 3 is 3.00 bits per heavy atom. The van der Waals surface area contributed by atoms with Crippen molar-refractivity contribution in [1.82, 2.24) is 14.5 Å². The van der Waals surface area contributed by atoms with Gasteiger partial charge in [-0.1, -0.05) is 6.07 Å². The SMILES string of the molecule is NCC1CCCN1C(=O)c1cccc(NC(=O)CCn2ccnc2)c1. The molecule has 1 saturated heterocycles. The van der Waals surface area contributed by atoms with E-state index in [9.17, 15) is 9.59 Å². The molecule has 0 bridgehead atoms. The van der Waals surface area contributed by atoms with Gasteiger partial charge in [0.1, 0.15) is 0 Å². The molecule has 0 radical (unpaired) electrons. The van der Waals surface area contributed by atoms with Crippen LogP contribution in [0.3, 0.4) is 0 Å². The number of likely N-dealkylation sites (tertiary alicyclic amines) is 1. The maximum absolute atomic E-state index is 12.7. The standard InChI is InChI=1S/C18H23N5O2/c19-12-16-5-2-8-23(16)18(25)14-3-1-4-15(11-14)21-17(24)6-9-22-10-7-20-13-22/h1,3-4,7,10-11,13,16H,2,5-6,8-9,12,19H2,(H,21,24). The maximum Gasteiger partial charge on any atom is 0.254 e. The maximum atomic E-state index is 12.7. The monoisotopic (exact) mass is 341 g/mol. The van der Waals surface area contributed by atoms with Crippen molar-refractivity contribution in [3.8, 4) is 0 Å². The molecule has 7 heteroatoms. The lowest BCUT2D eigenvalue weighted by molar-refractivity contribution is -0.116. The van der Waals surface area contributed by atoms with E-state index in [1.54, 1.807) is 36.8 Å². The van der Waals surface area contributed by atoms with Crippen LogP contribution in [0.15, 0.2) is 43.0 Å². The number of hydrogen-bond donors (Lipinski definition) is 2. The second kappa shape index (κ2) is 7.94. The molecule has 1 aliphatic rings. The lowest BCUT2D eigenvalue weighted by Gasteiger charge is -2.23. The first-order valence-corrected chi connectivity index (χ1v) is 8.54. The molecule has 1 aromatic carbocycles. The molecule has 2 amide bonds. The Bertz CT molecular complexity index is 729. The van der Waals surface area contributed by atoms with Gasteiger partial charge in [-0.2, -0.15) is 0 Å². The topological polar surface area (TPSA) is 93.3 Å². The predicted molar refractivity (Wildman–Crippen MR) is 95.0 cm³/mol. The summed E-state index contributed by atoms with van der Waals surface area (Å²) in [5.74, 6) is -0.123.